The third-order valence-electron chi connectivity index (χ3n) is 0.940. The van der Waals surface area contributed by atoms with Gasteiger partial charge in [-0.3, -0.25) is 11.7 Å². The van der Waals surface area contributed by atoms with E-state index in [4.69, 9.17) is 0 Å². The SMILES string of the molecule is Cc1ccccc1.NN.O. The van der Waals surface area contributed by atoms with Gasteiger partial charge in [0.25, 0.3) is 0 Å². The molecule has 0 bridgehead atoms. The van der Waals surface area contributed by atoms with E-state index >= 15 is 0 Å². The van der Waals surface area contributed by atoms with E-state index in [0.29, 0.717) is 0 Å². The Balaban J connectivity index is 0. The summed E-state index contributed by atoms with van der Waals surface area (Å²) in [5, 5.41) is 0. The summed E-state index contributed by atoms with van der Waals surface area (Å²) < 4.78 is 0. The quantitative estimate of drug-likeness (QED) is 0.394. The lowest BCUT2D eigenvalue weighted by Gasteiger charge is -1.82. The van der Waals surface area contributed by atoms with Crippen molar-refractivity contribution in [2.75, 3.05) is 0 Å². The molecule has 10 heavy (non-hydrogen) atoms. The Morgan fingerprint density at radius 2 is 1.40 bits per heavy atom. The average molecular weight is 142 g/mol. The minimum absolute atomic E-state index is 0. The van der Waals surface area contributed by atoms with Crippen molar-refractivity contribution in [2.24, 2.45) is 11.7 Å². The monoisotopic (exact) mass is 142 g/mol. The zero-order valence-electron chi connectivity index (χ0n) is 6.04. The van der Waals surface area contributed by atoms with E-state index in [9.17, 15) is 0 Å². The zero-order valence-corrected chi connectivity index (χ0v) is 6.04. The van der Waals surface area contributed by atoms with Gasteiger partial charge in [-0.2, -0.15) is 0 Å². The first kappa shape index (κ1) is 11.8. The first-order chi connectivity index (χ1) is 4.39. The molecule has 1 aromatic rings. The fourth-order valence-electron chi connectivity index (χ4n) is 0.534. The van der Waals surface area contributed by atoms with Gasteiger partial charge in [-0.05, 0) is 6.92 Å². The summed E-state index contributed by atoms with van der Waals surface area (Å²) in [5.41, 5.74) is 1.32. The molecular formula is C7H14N2O. The fourth-order valence-corrected chi connectivity index (χ4v) is 0.534. The number of hydrogen-bond donors (Lipinski definition) is 2. The first-order valence-corrected chi connectivity index (χ1v) is 2.74. The smallest absolute Gasteiger partial charge is 0.0398 e. The molecule has 0 aliphatic carbocycles. The Bertz CT molecular complexity index is 142. The van der Waals surface area contributed by atoms with Crippen LogP contribution in [0.15, 0.2) is 30.3 Å². The molecule has 0 atom stereocenters. The normalized spacial score (nSPS) is 6.70. The van der Waals surface area contributed by atoms with Gasteiger partial charge in [-0.15, -0.1) is 0 Å². The third kappa shape index (κ3) is 5.24. The van der Waals surface area contributed by atoms with Crippen LogP contribution < -0.4 is 11.7 Å². The molecule has 6 N–H and O–H groups in total. The van der Waals surface area contributed by atoms with Crippen LogP contribution in [0, 0.1) is 6.92 Å². The van der Waals surface area contributed by atoms with Crippen LogP contribution >= 0.6 is 0 Å². The number of aryl methyl sites for hydroxylation is 1. The van der Waals surface area contributed by atoms with Gasteiger partial charge in [-0.25, -0.2) is 0 Å². The van der Waals surface area contributed by atoms with Crippen LogP contribution in [0.1, 0.15) is 5.56 Å². The fraction of sp³-hybridized carbons (Fsp3) is 0.143. The van der Waals surface area contributed by atoms with Crippen LogP contribution in [0.5, 0.6) is 0 Å². The van der Waals surface area contributed by atoms with Gasteiger partial charge in [0.05, 0.1) is 0 Å². The van der Waals surface area contributed by atoms with Gasteiger partial charge in [-0.1, -0.05) is 35.9 Å². The first-order valence-electron chi connectivity index (χ1n) is 2.74. The second-order valence-electron chi connectivity index (χ2n) is 1.65. The molecule has 0 aliphatic rings. The molecule has 3 nitrogen and oxygen atoms in total. The Hall–Kier alpha value is -0.900. The van der Waals surface area contributed by atoms with Gasteiger partial charge in [0.1, 0.15) is 0 Å². The predicted molar refractivity (Wildman–Crippen MR) is 43.2 cm³/mol. The molecule has 58 valence electrons. The van der Waals surface area contributed by atoms with Gasteiger partial charge >= 0.3 is 0 Å². The molecule has 3 heteroatoms. The minimum atomic E-state index is 0. The average Bonchev–Trinajstić information content (AvgIpc) is 1.94. The second-order valence-corrected chi connectivity index (χ2v) is 1.65. The van der Waals surface area contributed by atoms with Crippen molar-refractivity contribution in [3.05, 3.63) is 35.9 Å². The van der Waals surface area contributed by atoms with Crippen molar-refractivity contribution >= 4 is 0 Å². The molecule has 0 aromatic heterocycles. The van der Waals surface area contributed by atoms with Crippen LogP contribution in [0.4, 0.5) is 0 Å². The van der Waals surface area contributed by atoms with Crippen molar-refractivity contribution in [3.63, 3.8) is 0 Å². The maximum absolute atomic E-state index is 4.00. The molecule has 0 saturated heterocycles. The highest BCUT2D eigenvalue weighted by molar-refractivity contribution is 5.11. The molecule has 0 spiro atoms. The summed E-state index contributed by atoms with van der Waals surface area (Å²) in [6.07, 6.45) is 0. The molecule has 0 amide bonds. The molecule has 1 aromatic carbocycles. The predicted octanol–water partition coefficient (Wildman–Crippen LogP) is -0.0109. The second kappa shape index (κ2) is 8.10. The van der Waals surface area contributed by atoms with Gasteiger partial charge in [0.15, 0.2) is 0 Å². The van der Waals surface area contributed by atoms with Crippen LogP contribution in [-0.2, 0) is 0 Å². The molecule has 0 aliphatic heterocycles. The Kier molecular flexibility index (Phi) is 9.59. The molecule has 0 unspecified atom stereocenters. The van der Waals surface area contributed by atoms with E-state index in [1.165, 1.54) is 5.56 Å². The van der Waals surface area contributed by atoms with E-state index in [-0.39, 0.29) is 5.48 Å². The van der Waals surface area contributed by atoms with Crippen molar-refractivity contribution in [2.45, 2.75) is 6.92 Å². The Morgan fingerprint density at radius 3 is 1.60 bits per heavy atom. The molecule has 0 saturated carbocycles. The number of benzene rings is 1. The van der Waals surface area contributed by atoms with Crippen molar-refractivity contribution < 1.29 is 5.48 Å². The molecule has 0 radical (unpaired) electrons. The molecular weight excluding hydrogens is 128 g/mol. The zero-order chi connectivity index (χ0) is 7.11. The van der Waals surface area contributed by atoms with Crippen molar-refractivity contribution in [1.82, 2.24) is 0 Å². The summed E-state index contributed by atoms with van der Waals surface area (Å²) >= 11 is 0. The van der Waals surface area contributed by atoms with Crippen LogP contribution in [0.3, 0.4) is 0 Å². The summed E-state index contributed by atoms with van der Waals surface area (Å²) in [6, 6.07) is 10.3. The number of hydrazine groups is 1. The van der Waals surface area contributed by atoms with Gasteiger partial charge in [0, 0.05) is 0 Å². The summed E-state index contributed by atoms with van der Waals surface area (Å²) in [6.45, 7) is 2.08. The van der Waals surface area contributed by atoms with E-state index in [0.717, 1.165) is 0 Å². The highest BCUT2D eigenvalue weighted by atomic mass is 16.0. The highest BCUT2D eigenvalue weighted by Crippen LogP contribution is 1.92. The maximum Gasteiger partial charge on any atom is -0.0398 e. The largest absolute Gasteiger partial charge is 0.412 e. The lowest BCUT2D eigenvalue weighted by Crippen LogP contribution is -2.02. The maximum atomic E-state index is 4.00. The molecule has 0 fully saturated rings. The lowest BCUT2D eigenvalue weighted by atomic mass is 10.2. The van der Waals surface area contributed by atoms with Gasteiger partial charge in [0.2, 0.25) is 0 Å². The topological polar surface area (TPSA) is 83.5 Å². The summed E-state index contributed by atoms with van der Waals surface area (Å²) in [7, 11) is 0. The number of rotatable bonds is 0. The summed E-state index contributed by atoms with van der Waals surface area (Å²) in [4.78, 5) is 0. The lowest BCUT2D eigenvalue weighted by molar-refractivity contribution is 0.824. The van der Waals surface area contributed by atoms with Crippen LogP contribution in [0.25, 0.3) is 0 Å². The van der Waals surface area contributed by atoms with E-state index in [1.54, 1.807) is 0 Å². The Morgan fingerprint density at radius 1 is 1.00 bits per heavy atom. The van der Waals surface area contributed by atoms with Crippen LogP contribution in [-0.4, -0.2) is 5.48 Å². The van der Waals surface area contributed by atoms with Crippen LogP contribution in [0.2, 0.25) is 0 Å². The van der Waals surface area contributed by atoms with E-state index in [1.807, 2.05) is 18.2 Å². The van der Waals surface area contributed by atoms with E-state index < -0.39 is 0 Å². The van der Waals surface area contributed by atoms with Crippen molar-refractivity contribution in [1.29, 1.82) is 0 Å². The minimum Gasteiger partial charge on any atom is -0.412 e. The number of nitrogens with two attached hydrogens (primary N) is 2. The molecule has 0 heterocycles. The van der Waals surface area contributed by atoms with Gasteiger partial charge < -0.3 is 5.48 Å². The highest BCUT2D eigenvalue weighted by Gasteiger charge is 1.72. The van der Waals surface area contributed by atoms with E-state index in [2.05, 4.69) is 30.7 Å². The number of hydrogen-bond acceptors (Lipinski definition) is 2. The standard InChI is InChI=1S/C7H8.H4N2.H2O/c1-7-5-3-2-4-6-7;1-2;/h2-6H,1H3;1-2H2;1H2. The summed E-state index contributed by atoms with van der Waals surface area (Å²) in [5.74, 6) is 8.00. The third-order valence-corrected chi connectivity index (χ3v) is 0.940. The van der Waals surface area contributed by atoms with Crippen molar-refractivity contribution in [3.8, 4) is 0 Å². The Labute approximate surface area is 60.9 Å². The molecule has 1 rings (SSSR count).